The average Bonchev–Trinajstić information content (AvgIpc) is 3.27. The molecule has 1 aromatic carbocycles. The van der Waals surface area contributed by atoms with Crippen LogP contribution in [-0.4, -0.2) is 36.3 Å². The van der Waals surface area contributed by atoms with E-state index in [9.17, 15) is 4.79 Å². The Kier molecular flexibility index (Phi) is 5.52. The summed E-state index contributed by atoms with van der Waals surface area (Å²) < 4.78 is 17.3. The van der Waals surface area contributed by atoms with E-state index in [1.807, 2.05) is 6.92 Å². The summed E-state index contributed by atoms with van der Waals surface area (Å²) in [6.45, 7) is 4.59. The Morgan fingerprint density at radius 3 is 2.73 bits per heavy atom. The van der Waals surface area contributed by atoms with Crippen molar-refractivity contribution in [2.75, 3.05) is 0 Å². The van der Waals surface area contributed by atoms with Gasteiger partial charge in [0.1, 0.15) is 5.75 Å². The predicted molar refractivity (Wildman–Crippen MR) is 87.0 cm³/mol. The Morgan fingerprint density at radius 1 is 1.23 bits per heavy atom. The number of tetrazole rings is 1. The van der Waals surface area contributed by atoms with Gasteiger partial charge in [-0.2, -0.15) is 4.98 Å². The summed E-state index contributed by atoms with van der Waals surface area (Å²) in [7, 11) is 0. The lowest BCUT2D eigenvalue weighted by atomic mass is 10.2. The summed E-state index contributed by atoms with van der Waals surface area (Å²) in [6.07, 6.45) is 0.886. The number of aromatic nitrogens is 6. The van der Waals surface area contributed by atoms with Gasteiger partial charge in [0.15, 0.2) is 19.0 Å². The lowest BCUT2D eigenvalue weighted by molar-refractivity contribution is 0.0456. The SMILES string of the molecule is CCCn1nnnc1COC(=O)c1ccc(OCc2noc(C)n2)cc1. The Labute approximate surface area is 149 Å². The fourth-order valence-corrected chi connectivity index (χ4v) is 2.16. The second-order valence-corrected chi connectivity index (χ2v) is 5.44. The third kappa shape index (κ3) is 4.41. The van der Waals surface area contributed by atoms with Crippen molar-refractivity contribution in [3.63, 3.8) is 0 Å². The summed E-state index contributed by atoms with van der Waals surface area (Å²) in [4.78, 5) is 16.2. The maximum absolute atomic E-state index is 12.1. The van der Waals surface area contributed by atoms with Gasteiger partial charge in [-0.1, -0.05) is 12.1 Å². The Balaban J connectivity index is 1.52. The molecule has 136 valence electrons. The predicted octanol–water partition coefficient (Wildman–Crippen LogP) is 1.71. The van der Waals surface area contributed by atoms with Crippen LogP contribution in [0.3, 0.4) is 0 Å². The van der Waals surface area contributed by atoms with Gasteiger partial charge >= 0.3 is 5.97 Å². The molecular formula is C16H18N6O4. The van der Waals surface area contributed by atoms with Crippen molar-refractivity contribution in [2.24, 2.45) is 0 Å². The molecule has 2 heterocycles. The van der Waals surface area contributed by atoms with Crippen molar-refractivity contribution in [1.29, 1.82) is 0 Å². The van der Waals surface area contributed by atoms with Gasteiger partial charge in [0.05, 0.1) is 5.56 Å². The normalized spacial score (nSPS) is 10.7. The number of hydrogen-bond donors (Lipinski definition) is 0. The number of nitrogens with zero attached hydrogens (tertiary/aromatic N) is 6. The Bertz CT molecular complexity index is 858. The minimum absolute atomic E-state index is 0.0151. The van der Waals surface area contributed by atoms with Crippen LogP contribution >= 0.6 is 0 Å². The molecule has 3 aromatic rings. The molecule has 26 heavy (non-hydrogen) atoms. The van der Waals surface area contributed by atoms with Crippen molar-refractivity contribution in [3.8, 4) is 5.75 Å². The molecule has 0 spiro atoms. The van der Waals surface area contributed by atoms with Crippen LogP contribution < -0.4 is 4.74 Å². The summed E-state index contributed by atoms with van der Waals surface area (Å²) >= 11 is 0. The highest BCUT2D eigenvalue weighted by atomic mass is 16.5. The second-order valence-electron chi connectivity index (χ2n) is 5.44. The molecule has 0 aliphatic rings. The number of esters is 1. The first kappa shape index (κ1) is 17.5. The van der Waals surface area contributed by atoms with Crippen LogP contribution in [-0.2, 0) is 24.5 Å². The van der Waals surface area contributed by atoms with Gasteiger partial charge in [0.2, 0.25) is 11.7 Å². The molecule has 10 heteroatoms. The van der Waals surface area contributed by atoms with E-state index in [1.165, 1.54) is 0 Å². The molecular weight excluding hydrogens is 340 g/mol. The lowest BCUT2D eigenvalue weighted by Gasteiger charge is -2.06. The zero-order valence-electron chi connectivity index (χ0n) is 14.5. The van der Waals surface area contributed by atoms with Gasteiger partial charge in [-0.25, -0.2) is 9.48 Å². The zero-order valence-corrected chi connectivity index (χ0v) is 14.5. The minimum Gasteiger partial charge on any atom is -0.485 e. The van der Waals surface area contributed by atoms with Gasteiger partial charge in [-0.05, 0) is 41.1 Å². The molecule has 0 amide bonds. The van der Waals surface area contributed by atoms with Gasteiger partial charge in [-0.3, -0.25) is 0 Å². The monoisotopic (exact) mass is 358 g/mol. The van der Waals surface area contributed by atoms with Crippen LogP contribution in [0.15, 0.2) is 28.8 Å². The van der Waals surface area contributed by atoms with Gasteiger partial charge in [-0.15, -0.1) is 5.10 Å². The summed E-state index contributed by atoms with van der Waals surface area (Å²) in [6, 6.07) is 6.58. The van der Waals surface area contributed by atoms with Crippen molar-refractivity contribution in [1.82, 2.24) is 30.3 Å². The largest absolute Gasteiger partial charge is 0.485 e. The highest BCUT2D eigenvalue weighted by molar-refractivity contribution is 5.89. The maximum atomic E-state index is 12.1. The second kappa shape index (κ2) is 8.19. The molecule has 0 fully saturated rings. The van der Waals surface area contributed by atoms with Crippen LogP contribution in [0.2, 0.25) is 0 Å². The molecule has 0 saturated carbocycles. The van der Waals surface area contributed by atoms with E-state index in [0.29, 0.717) is 35.4 Å². The number of hydrogen-bond acceptors (Lipinski definition) is 9. The first-order valence-electron chi connectivity index (χ1n) is 8.10. The van der Waals surface area contributed by atoms with Crippen LogP contribution in [0.1, 0.15) is 41.2 Å². The highest BCUT2D eigenvalue weighted by Crippen LogP contribution is 2.15. The van der Waals surface area contributed by atoms with Crippen molar-refractivity contribution >= 4 is 5.97 Å². The number of carbonyl (C=O) groups is 1. The van der Waals surface area contributed by atoms with Gasteiger partial charge in [0, 0.05) is 13.5 Å². The van der Waals surface area contributed by atoms with E-state index >= 15 is 0 Å². The number of rotatable bonds is 8. The van der Waals surface area contributed by atoms with Crippen LogP contribution in [0.5, 0.6) is 5.75 Å². The lowest BCUT2D eigenvalue weighted by Crippen LogP contribution is -2.11. The molecule has 0 radical (unpaired) electrons. The Hall–Kier alpha value is -3.30. The molecule has 0 saturated heterocycles. The van der Waals surface area contributed by atoms with Crippen LogP contribution in [0.25, 0.3) is 0 Å². The van der Waals surface area contributed by atoms with E-state index in [0.717, 1.165) is 6.42 Å². The maximum Gasteiger partial charge on any atom is 0.338 e. The van der Waals surface area contributed by atoms with E-state index in [-0.39, 0.29) is 13.2 Å². The summed E-state index contributed by atoms with van der Waals surface area (Å²) in [5, 5.41) is 15.0. The van der Waals surface area contributed by atoms with E-state index < -0.39 is 5.97 Å². The van der Waals surface area contributed by atoms with Crippen molar-refractivity contribution < 1.29 is 18.8 Å². The topological polar surface area (TPSA) is 118 Å². The van der Waals surface area contributed by atoms with E-state index in [1.54, 1.807) is 35.9 Å². The van der Waals surface area contributed by atoms with E-state index in [2.05, 4.69) is 25.7 Å². The molecule has 2 aromatic heterocycles. The number of aryl methyl sites for hydroxylation is 2. The zero-order chi connectivity index (χ0) is 18.4. The molecule has 0 unspecified atom stereocenters. The quantitative estimate of drug-likeness (QED) is 0.554. The molecule has 0 aliphatic carbocycles. The van der Waals surface area contributed by atoms with Gasteiger partial charge in [0.25, 0.3) is 0 Å². The Morgan fingerprint density at radius 2 is 2.04 bits per heavy atom. The molecule has 0 atom stereocenters. The van der Waals surface area contributed by atoms with Crippen LogP contribution in [0.4, 0.5) is 0 Å². The molecule has 3 rings (SSSR count). The third-order valence-electron chi connectivity index (χ3n) is 3.40. The number of benzene rings is 1. The van der Waals surface area contributed by atoms with Gasteiger partial charge < -0.3 is 14.0 Å². The average molecular weight is 358 g/mol. The summed E-state index contributed by atoms with van der Waals surface area (Å²) in [5.41, 5.74) is 0.405. The molecule has 0 aliphatic heterocycles. The standard InChI is InChI=1S/C16H18N6O4/c1-3-8-22-15(18-20-21-22)10-25-16(23)12-4-6-13(7-5-12)24-9-14-17-11(2)26-19-14/h4-7H,3,8-10H2,1-2H3. The number of ether oxygens (including phenoxy) is 2. The first-order chi connectivity index (χ1) is 12.7. The third-order valence-corrected chi connectivity index (χ3v) is 3.40. The fourth-order valence-electron chi connectivity index (χ4n) is 2.16. The van der Waals surface area contributed by atoms with Crippen LogP contribution in [0, 0.1) is 6.92 Å². The fraction of sp³-hybridized carbons (Fsp3) is 0.375. The van der Waals surface area contributed by atoms with E-state index in [4.69, 9.17) is 14.0 Å². The highest BCUT2D eigenvalue weighted by Gasteiger charge is 2.12. The minimum atomic E-state index is -0.462. The first-order valence-corrected chi connectivity index (χ1v) is 8.10. The smallest absolute Gasteiger partial charge is 0.338 e. The number of carbonyl (C=O) groups excluding carboxylic acids is 1. The van der Waals surface area contributed by atoms with Crippen molar-refractivity contribution in [3.05, 3.63) is 47.4 Å². The van der Waals surface area contributed by atoms with Crippen molar-refractivity contribution in [2.45, 2.75) is 40.0 Å². The molecule has 0 N–H and O–H groups in total. The molecule has 10 nitrogen and oxygen atoms in total. The molecule has 0 bridgehead atoms. The summed E-state index contributed by atoms with van der Waals surface area (Å²) in [5.74, 6) is 1.56.